The SMILES string of the molecule is Cc1cccc2c1nc1n(-c3cccc(-n4[c-][n+](-c5ccccc5-n5c6ccccc6c6ccccc65)c5ccccc54)c3)c3cc4c(cc3n21)n1c2cccc(C)c2nc1n4-c1cc(C(C)(C)C)ccn1. The number of rotatable bonds is 5. The topological polar surface area (TPSA) is 71.1 Å². The van der Waals surface area contributed by atoms with Crippen molar-refractivity contribution in [2.75, 3.05) is 0 Å². The first-order chi connectivity index (χ1) is 35.2. The molecule has 0 N–H and O–H groups in total. The zero-order chi connectivity index (χ0) is 48.1. The Morgan fingerprint density at radius 2 is 1.01 bits per heavy atom. The molecule has 8 aromatic carbocycles. The number of hydrogen-bond donors (Lipinski definition) is 0. The second kappa shape index (κ2) is 14.6. The summed E-state index contributed by atoms with van der Waals surface area (Å²) in [7, 11) is 0. The Kier molecular flexibility index (Phi) is 8.25. The molecule has 72 heavy (non-hydrogen) atoms. The fourth-order valence-corrected chi connectivity index (χ4v) is 11.4. The lowest BCUT2D eigenvalue weighted by molar-refractivity contribution is -0.572. The van der Waals surface area contributed by atoms with Crippen LogP contribution < -0.4 is 4.57 Å². The molecule has 0 radical (unpaired) electrons. The first-order valence-electron chi connectivity index (χ1n) is 24.5. The van der Waals surface area contributed by atoms with Gasteiger partial charge in [-0.05, 0) is 115 Å². The lowest BCUT2D eigenvalue weighted by atomic mass is 9.88. The quantitative estimate of drug-likeness (QED) is 0.127. The van der Waals surface area contributed by atoms with Crippen LogP contribution >= 0.6 is 0 Å². The molecule has 7 heterocycles. The van der Waals surface area contributed by atoms with Gasteiger partial charge in [-0.3, -0.25) is 27.1 Å². The van der Waals surface area contributed by atoms with Gasteiger partial charge in [-0.2, -0.15) is 0 Å². The molecule has 0 aliphatic heterocycles. The van der Waals surface area contributed by atoms with Gasteiger partial charge in [0.05, 0.1) is 83.3 Å². The molecule has 0 aliphatic carbocycles. The molecule has 0 amide bonds. The molecule has 344 valence electrons. The maximum Gasteiger partial charge on any atom is 0.269 e. The van der Waals surface area contributed by atoms with Gasteiger partial charge in [-0.25, -0.2) is 15.0 Å². The number of imidazole rings is 5. The van der Waals surface area contributed by atoms with E-state index < -0.39 is 0 Å². The average molecular weight is 931 g/mol. The molecular formula is C62H46N10. The summed E-state index contributed by atoms with van der Waals surface area (Å²) < 4.78 is 16.0. The number of para-hydroxylation sites is 8. The van der Waals surface area contributed by atoms with Crippen LogP contribution in [0.5, 0.6) is 0 Å². The van der Waals surface area contributed by atoms with Crippen molar-refractivity contribution < 1.29 is 4.57 Å². The van der Waals surface area contributed by atoms with Crippen molar-refractivity contribution in [3.63, 3.8) is 0 Å². The molecule has 7 aromatic heterocycles. The fraction of sp³-hybridized carbons (Fsp3) is 0.0968. The highest BCUT2D eigenvalue weighted by Gasteiger charge is 2.26. The lowest BCUT2D eigenvalue weighted by Crippen LogP contribution is -2.31. The third-order valence-corrected chi connectivity index (χ3v) is 14.9. The fourth-order valence-electron chi connectivity index (χ4n) is 11.4. The van der Waals surface area contributed by atoms with Crippen LogP contribution in [0.25, 0.3) is 117 Å². The van der Waals surface area contributed by atoms with E-state index in [-0.39, 0.29) is 5.41 Å². The Morgan fingerprint density at radius 1 is 0.458 bits per heavy atom. The number of aromatic nitrogens is 10. The van der Waals surface area contributed by atoms with Crippen LogP contribution in [0.1, 0.15) is 37.5 Å². The zero-order valence-electron chi connectivity index (χ0n) is 40.4. The van der Waals surface area contributed by atoms with Crippen molar-refractivity contribution in [1.82, 2.24) is 42.0 Å². The molecule has 0 fully saturated rings. The van der Waals surface area contributed by atoms with E-state index in [4.69, 9.17) is 15.0 Å². The smallest absolute Gasteiger partial charge is 0.269 e. The molecule has 15 aromatic rings. The summed E-state index contributed by atoms with van der Waals surface area (Å²) in [5.41, 5.74) is 20.0. The molecule has 0 bridgehead atoms. The summed E-state index contributed by atoms with van der Waals surface area (Å²) in [6.45, 7) is 11.0. The van der Waals surface area contributed by atoms with Crippen molar-refractivity contribution >= 4 is 88.5 Å². The largest absolute Gasteiger partial charge is 0.312 e. The summed E-state index contributed by atoms with van der Waals surface area (Å²) in [6, 6.07) is 65.2. The van der Waals surface area contributed by atoms with Crippen molar-refractivity contribution in [2.24, 2.45) is 0 Å². The van der Waals surface area contributed by atoms with Crippen LogP contribution in [0.15, 0.2) is 188 Å². The van der Waals surface area contributed by atoms with Crippen LogP contribution in [-0.4, -0.2) is 42.0 Å². The van der Waals surface area contributed by atoms with E-state index in [1.54, 1.807) is 0 Å². The van der Waals surface area contributed by atoms with E-state index in [0.717, 1.165) is 117 Å². The van der Waals surface area contributed by atoms with Gasteiger partial charge in [0.1, 0.15) is 5.82 Å². The normalized spacial score (nSPS) is 12.5. The van der Waals surface area contributed by atoms with Gasteiger partial charge in [0, 0.05) is 22.7 Å². The number of nitrogens with zero attached hydrogens (tertiary/aromatic N) is 10. The predicted octanol–water partition coefficient (Wildman–Crippen LogP) is 13.6. The van der Waals surface area contributed by atoms with Crippen molar-refractivity contribution in [3.8, 4) is 28.6 Å². The molecule has 15 rings (SSSR count). The van der Waals surface area contributed by atoms with E-state index in [9.17, 15) is 0 Å². The summed E-state index contributed by atoms with van der Waals surface area (Å²) in [5.74, 6) is 2.47. The Labute approximate surface area is 413 Å². The maximum atomic E-state index is 5.48. The van der Waals surface area contributed by atoms with Crippen LogP contribution in [-0.2, 0) is 5.41 Å². The molecule has 0 spiro atoms. The van der Waals surface area contributed by atoms with Crippen LogP contribution in [0, 0.1) is 20.2 Å². The van der Waals surface area contributed by atoms with E-state index in [2.05, 4.69) is 255 Å². The van der Waals surface area contributed by atoms with Crippen LogP contribution in [0.3, 0.4) is 0 Å². The summed E-state index contributed by atoms with van der Waals surface area (Å²) in [6.07, 6.45) is 5.79. The third-order valence-electron chi connectivity index (χ3n) is 14.9. The van der Waals surface area contributed by atoms with Crippen molar-refractivity contribution in [2.45, 2.75) is 40.0 Å². The van der Waals surface area contributed by atoms with E-state index >= 15 is 0 Å². The number of hydrogen-bond acceptors (Lipinski definition) is 3. The Morgan fingerprint density at radius 3 is 1.71 bits per heavy atom. The van der Waals surface area contributed by atoms with Crippen LogP contribution in [0.2, 0.25) is 0 Å². The Hall–Kier alpha value is -9.28. The van der Waals surface area contributed by atoms with E-state index in [1.807, 2.05) is 6.20 Å². The first-order valence-corrected chi connectivity index (χ1v) is 24.5. The Balaban J connectivity index is 0.985. The van der Waals surface area contributed by atoms with Gasteiger partial charge in [-0.15, -0.1) is 0 Å². The summed E-state index contributed by atoms with van der Waals surface area (Å²) >= 11 is 0. The van der Waals surface area contributed by atoms with Crippen molar-refractivity contribution in [1.29, 1.82) is 0 Å². The second-order valence-corrected chi connectivity index (χ2v) is 20.2. The monoisotopic (exact) mass is 930 g/mol. The minimum atomic E-state index is -0.0808. The highest BCUT2D eigenvalue weighted by atomic mass is 15.3. The second-order valence-electron chi connectivity index (χ2n) is 20.2. The van der Waals surface area contributed by atoms with Crippen molar-refractivity contribution in [3.05, 3.63) is 211 Å². The van der Waals surface area contributed by atoms with Crippen LogP contribution in [0.4, 0.5) is 0 Å². The molecule has 0 aliphatic rings. The minimum absolute atomic E-state index is 0.0808. The predicted molar refractivity (Wildman–Crippen MR) is 290 cm³/mol. The average Bonchev–Trinajstić information content (AvgIpc) is 4.25. The maximum absolute atomic E-state index is 5.48. The number of pyridine rings is 1. The van der Waals surface area contributed by atoms with E-state index in [0.29, 0.717) is 0 Å². The minimum Gasteiger partial charge on any atom is -0.312 e. The highest BCUT2D eigenvalue weighted by molar-refractivity contribution is 6.09. The third kappa shape index (κ3) is 5.60. The molecule has 0 saturated carbocycles. The molecule has 0 atom stereocenters. The van der Waals surface area contributed by atoms with Gasteiger partial charge < -0.3 is 4.57 Å². The van der Waals surface area contributed by atoms with Gasteiger partial charge in [0.2, 0.25) is 11.6 Å². The van der Waals surface area contributed by atoms with Gasteiger partial charge in [0.25, 0.3) is 6.33 Å². The molecule has 0 unspecified atom stereocenters. The molecule has 10 heteroatoms. The molecule has 0 saturated heterocycles. The molecular weight excluding hydrogens is 885 g/mol. The standard InChI is InChI=1S/C62H46N10/c1-38-17-14-29-51-58(38)64-60-68(53-35-56-55(36-54(53)70(51)60)71-52-30-15-18-39(2)59(52)65-61(71)72(56)57-33-40(31-32-63-57)62(3,4)5)42-20-16-19-41(34-42)66-37-67(48-26-11-10-25-47(48)66)49-27-12-13-28-50(49)69-45-23-8-6-21-43(45)44-22-7-9-24-46(44)69/h6-36H,1-5H3. The zero-order valence-corrected chi connectivity index (χ0v) is 40.4. The molecule has 10 nitrogen and oxygen atoms in total. The van der Waals surface area contributed by atoms with Gasteiger partial charge in [-0.1, -0.05) is 124 Å². The van der Waals surface area contributed by atoms with E-state index in [1.165, 1.54) is 16.3 Å². The van der Waals surface area contributed by atoms with Gasteiger partial charge in [0.15, 0.2) is 0 Å². The summed E-state index contributed by atoms with van der Waals surface area (Å²) in [4.78, 5) is 15.9. The number of aryl methyl sites for hydroxylation is 2. The van der Waals surface area contributed by atoms with Gasteiger partial charge >= 0.3 is 0 Å². The number of benzene rings is 8. The first kappa shape index (κ1) is 40.6. The number of fused-ring (bicyclic) bond motifs is 14. The Bertz CT molecular complexity index is 4720. The summed E-state index contributed by atoms with van der Waals surface area (Å²) in [5, 5.41) is 2.45. The highest BCUT2D eigenvalue weighted by Crippen LogP contribution is 2.39. The lowest BCUT2D eigenvalue weighted by Gasteiger charge is -2.19.